The van der Waals surface area contributed by atoms with Crippen LogP contribution in [0.3, 0.4) is 0 Å². The van der Waals surface area contributed by atoms with E-state index in [1.54, 1.807) is 0 Å². The summed E-state index contributed by atoms with van der Waals surface area (Å²) >= 11 is -4.11. The standard InChI is InChI=1S/C7H9F5O4S2/c1-4(2)5(8,17(13)14)6(9,10)7(11,12)18(3,15)16/h1H2,2-3H3,(H,13,14). The number of sulfone groups is 1. The number of hydrogen-bond acceptors (Lipinski definition) is 3. The lowest BCUT2D eigenvalue weighted by atomic mass is 10.1. The summed E-state index contributed by atoms with van der Waals surface area (Å²) < 4.78 is 107. The minimum absolute atomic E-state index is 0.250. The van der Waals surface area contributed by atoms with Crippen LogP contribution in [-0.4, -0.2) is 39.6 Å². The fourth-order valence-corrected chi connectivity index (χ4v) is 2.26. The molecule has 2 unspecified atom stereocenters. The van der Waals surface area contributed by atoms with Crippen LogP contribution >= 0.6 is 0 Å². The van der Waals surface area contributed by atoms with Gasteiger partial charge in [0.1, 0.15) is 0 Å². The summed E-state index contributed by atoms with van der Waals surface area (Å²) in [5.74, 6) is -5.96. The predicted octanol–water partition coefficient (Wildman–Crippen LogP) is 1.72. The molecule has 0 bridgehead atoms. The summed E-state index contributed by atoms with van der Waals surface area (Å²) in [5.41, 5.74) is -1.41. The number of rotatable bonds is 5. The zero-order valence-electron chi connectivity index (χ0n) is 9.09. The lowest BCUT2D eigenvalue weighted by molar-refractivity contribution is -0.198. The SMILES string of the molecule is C=C(C)C(F)(S(=O)O)C(F)(F)C(F)(F)S(C)(=O)=O. The third kappa shape index (κ3) is 2.18. The molecule has 0 aromatic rings. The second-order valence-corrected chi connectivity index (χ2v) is 6.61. The van der Waals surface area contributed by atoms with E-state index in [0.717, 1.165) is 0 Å². The molecule has 0 aliphatic rings. The second-order valence-electron chi connectivity index (χ2n) is 3.49. The third-order valence-electron chi connectivity index (χ3n) is 2.02. The van der Waals surface area contributed by atoms with Crippen molar-refractivity contribution in [2.45, 2.75) is 23.1 Å². The Morgan fingerprint density at radius 1 is 1.22 bits per heavy atom. The van der Waals surface area contributed by atoms with Gasteiger partial charge in [0.2, 0.25) is 20.9 Å². The first-order chi connectivity index (χ1) is 7.64. The Kier molecular flexibility index (Phi) is 4.39. The van der Waals surface area contributed by atoms with Gasteiger partial charge in [-0.05, 0) is 12.5 Å². The molecule has 0 rings (SSSR count). The van der Waals surface area contributed by atoms with Gasteiger partial charge < -0.3 is 4.55 Å². The van der Waals surface area contributed by atoms with Gasteiger partial charge in [-0.3, -0.25) is 0 Å². The first-order valence-electron chi connectivity index (χ1n) is 4.05. The summed E-state index contributed by atoms with van der Waals surface area (Å²) in [5, 5.41) is -10.7. The van der Waals surface area contributed by atoms with Gasteiger partial charge in [0.05, 0.1) is 0 Å². The average Bonchev–Trinajstić information content (AvgIpc) is 2.13. The van der Waals surface area contributed by atoms with Gasteiger partial charge in [-0.25, -0.2) is 17.0 Å². The van der Waals surface area contributed by atoms with E-state index in [-0.39, 0.29) is 6.26 Å². The number of alkyl halides is 5. The molecule has 4 nitrogen and oxygen atoms in total. The fourth-order valence-electron chi connectivity index (χ4n) is 0.947. The molecular weight excluding hydrogens is 307 g/mol. The van der Waals surface area contributed by atoms with Gasteiger partial charge >= 0.3 is 11.2 Å². The van der Waals surface area contributed by atoms with Gasteiger partial charge in [-0.2, -0.15) is 17.6 Å². The van der Waals surface area contributed by atoms with Gasteiger partial charge in [0.15, 0.2) is 0 Å². The topological polar surface area (TPSA) is 71.4 Å². The molecule has 0 spiro atoms. The highest BCUT2D eigenvalue weighted by Crippen LogP contribution is 2.51. The normalized spacial score (nSPS) is 19.1. The third-order valence-corrected chi connectivity index (χ3v) is 4.30. The Labute approximate surface area is 102 Å². The summed E-state index contributed by atoms with van der Waals surface area (Å²) in [6.45, 7) is 3.03. The zero-order valence-corrected chi connectivity index (χ0v) is 10.7. The molecule has 0 aliphatic heterocycles. The lowest BCUT2D eigenvalue weighted by Gasteiger charge is -2.34. The minimum Gasteiger partial charge on any atom is -0.303 e. The summed E-state index contributed by atoms with van der Waals surface area (Å²) in [4.78, 5) is 0. The van der Waals surface area contributed by atoms with Crippen LogP contribution < -0.4 is 0 Å². The molecule has 108 valence electrons. The van der Waals surface area contributed by atoms with Crippen LogP contribution in [0.1, 0.15) is 6.92 Å². The van der Waals surface area contributed by atoms with Crippen LogP contribution in [0.2, 0.25) is 0 Å². The molecule has 0 saturated carbocycles. The van der Waals surface area contributed by atoms with Crippen LogP contribution in [-0.2, 0) is 20.9 Å². The Hall–Kier alpha value is -0.550. The maximum atomic E-state index is 13.7. The monoisotopic (exact) mass is 316 g/mol. The van der Waals surface area contributed by atoms with Crippen molar-refractivity contribution in [1.82, 2.24) is 0 Å². The molecule has 0 aliphatic carbocycles. The van der Waals surface area contributed by atoms with E-state index < -0.39 is 42.7 Å². The average molecular weight is 316 g/mol. The Morgan fingerprint density at radius 2 is 1.56 bits per heavy atom. The molecule has 0 aromatic heterocycles. The minimum atomic E-state index is -5.96. The Bertz CT molecular complexity index is 470. The largest absolute Gasteiger partial charge is 0.411 e. The van der Waals surface area contributed by atoms with Crippen molar-refractivity contribution < 1.29 is 39.1 Å². The molecule has 0 aromatic carbocycles. The molecule has 2 atom stereocenters. The van der Waals surface area contributed by atoms with Crippen molar-refractivity contribution >= 4 is 20.9 Å². The van der Waals surface area contributed by atoms with Gasteiger partial charge in [0, 0.05) is 6.26 Å². The second kappa shape index (κ2) is 4.53. The quantitative estimate of drug-likeness (QED) is 0.476. The molecule has 0 amide bonds. The molecule has 0 fully saturated rings. The van der Waals surface area contributed by atoms with E-state index in [1.165, 1.54) is 0 Å². The highest BCUT2D eigenvalue weighted by Gasteiger charge is 2.77. The molecule has 0 heterocycles. The number of halogens is 5. The maximum Gasteiger partial charge on any atom is 0.411 e. The van der Waals surface area contributed by atoms with Crippen molar-refractivity contribution in [2.24, 2.45) is 0 Å². The van der Waals surface area contributed by atoms with Crippen LogP contribution in [0.5, 0.6) is 0 Å². The molecule has 1 N–H and O–H groups in total. The van der Waals surface area contributed by atoms with E-state index in [4.69, 9.17) is 4.55 Å². The summed E-state index contributed by atoms with van der Waals surface area (Å²) in [7, 11) is -5.72. The highest BCUT2D eigenvalue weighted by molar-refractivity contribution is 7.91. The summed E-state index contributed by atoms with van der Waals surface area (Å²) in [6.07, 6.45) is -0.250. The molecule has 18 heavy (non-hydrogen) atoms. The van der Waals surface area contributed by atoms with Crippen molar-refractivity contribution in [1.29, 1.82) is 0 Å². The van der Waals surface area contributed by atoms with Crippen molar-refractivity contribution in [3.63, 3.8) is 0 Å². The molecular formula is C7H9F5O4S2. The zero-order chi connectivity index (χ0) is 15.2. The molecule has 11 heteroatoms. The van der Waals surface area contributed by atoms with Gasteiger partial charge in [-0.15, -0.1) is 0 Å². The van der Waals surface area contributed by atoms with Crippen LogP contribution in [0, 0.1) is 0 Å². The van der Waals surface area contributed by atoms with Crippen LogP contribution in [0.4, 0.5) is 22.0 Å². The Morgan fingerprint density at radius 3 is 1.72 bits per heavy atom. The Balaban J connectivity index is 6.23. The lowest BCUT2D eigenvalue weighted by Crippen LogP contribution is -2.61. The van der Waals surface area contributed by atoms with Gasteiger partial charge in [0.25, 0.3) is 5.00 Å². The predicted molar refractivity (Wildman–Crippen MR) is 54.2 cm³/mol. The first kappa shape index (κ1) is 17.4. The number of hydrogen-bond donors (Lipinski definition) is 1. The van der Waals surface area contributed by atoms with E-state index in [9.17, 15) is 34.6 Å². The van der Waals surface area contributed by atoms with Gasteiger partial charge in [-0.1, -0.05) is 6.58 Å². The van der Waals surface area contributed by atoms with Crippen molar-refractivity contribution in [3.8, 4) is 0 Å². The molecule has 0 saturated heterocycles. The van der Waals surface area contributed by atoms with Crippen molar-refractivity contribution in [3.05, 3.63) is 12.2 Å². The highest BCUT2D eigenvalue weighted by atomic mass is 32.2. The van der Waals surface area contributed by atoms with E-state index in [0.29, 0.717) is 6.92 Å². The first-order valence-corrected chi connectivity index (χ1v) is 7.05. The fraction of sp³-hybridized carbons (Fsp3) is 0.714. The summed E-state index contributed by atoms with van der Waals surface area (Å²) in [6, 6.07) is 0. The van der Waals surface area contributed by atoms with E-state index >= 15 is 0 Å². The van der Waals surface area contributed by atoms with Crippen LogP contribution in [0.25, 0.3) is 0 Å². The van der Waals surface area contributed by atoms with E-state index in [2.05, 4.69) is 6.58 Å². The smallest absolute Gasteiger partial charge is 0.303 e. The van der Waals surface area contributed by atoms with Crippen LogP contribution in [0.15, 0.2) is 12.2 Å². The maximum absolute atomic E-state index is 13.7. The molecule has 0 radical (unpaired) electrons. The van der Waals surface area contributed by atoms with Crippen molar-refractivity contribution in [2.75, 3.05) is 6.26 Å². The van der Waals surface area contributed by atoms with E-state index in [1.807, 2.05) is 0 Å².